The molecule has 1 N–H and O–H groups in total. The number of aromatic nitrogens is 1. The Kier molecular flexibility index (Phi) is 3.10. The Hall–Kier alpha value is -1.69. The van der Waals surface area contributed by atoms with Crippen molar-refractivity contribution in [2.75, 3.05) is 24.5 Å². The monoisotopic (exact) mass is 262 g/mol. The van der Waals surface area contributed by atoms with Crippen LogP contribution in [-0.2, 0) is 0 Å². The minimum Gasteiger partial charge on any atom is -0.353 e. The van der Waals surface area contributed by atoms with Gasteiger partial charge in [-0.1, -0.05) is 6.92 Å². The highest BCUT2D eigenvalue weighted by Crippen LogP contribution is 2.36. The normalized spacial score (nSPS) is 29.5. The van der Waals surface area contributed by atoms with Gasteiger partial charge in [-0.2, -0.15) is 0 Å². The van der Waals surface area contributed by atoms with Gasteiger partial charge >= 0.3 is 0 Å². The standard InChI is InChI=1S/C13H18N4O2/c1-2-12-11-7-14-5-9(11)8-16(12)13-4-3-10(6-15-13)17(18)19/h3-4,6,9,11-12,14H,2,5,7-8H2,1H3. The molecule has 0 aliphatic carbocycles. The number of fused-ring (bicyclic) bond motifs is 1. The maximum absolute atomic E-state index is 10.7. The molecule has 3 heterocycles. The van der Waals surface area contributed by atoms with Crippen LogP contribution in [0.15, 0.2) is 18.3 Å². The molecule has 3 unspecified atom stereocenters. The highest BCUT2D eigenvalue weighted by Gasteiger charge is 2.43. The summed E-state index contributed by atoms with van der Waals surface area (Å²) in [4.78, 5) is 16.8. The van der Waals surface area contributed by atoms with Crippen LogP contribution in [0.1, 0.15) is 13.3 Å². The number of nitrogens with one attached hydrogen (secondary N) is 1. The van der Waals surface area contributed by atoms with Crippen LogP contribution in [0.25, 0.3) is 0 Å². The molecule has 2 fully saturated rings. The smallest absolute Gasteiger partial charge is 0.287 e. The molecule has 19 heavy (non-hydrogen) atoms. The first kappa shape index (κ1) is 12.3. The van der Waals surface area contributed by atoms with Crippen LogP contribution in [0.5, 0.6) is 0 Å². The Balaban J connectivity index is 1.83. The van der Waals surface area contributed by atoms with E-state index < -0.39 is 4.92 Å². The van der Waals surface area contributed by atoms with Crippen LogP contribution in [0.3, 0.4) is 0 Å². The Morgan fingerprint density at radius 2 is 2.37 bits per heavy atom. The molecule has 3 atom stereocenters. The van der Waals surface area contributed by atoms with E-state index in [1.54, 1.807) is 12.1 Å². The van der Waals surface area contributed by atoms with Crippen molar-refractivity contribution in [1.82, 2.24) is 10.3 Å². The van der Waals surface area contributed by atoms with E-state index >= 15 is 0 Å². The molecule has 1 aromatic rings. The van der Waals surface area contributed by atoms with E-state index in [-0.39, 0.29) is 5.69 Å². The number of nitro groups is 1. The van der Waals surface area contributed by atoms with E-state index in [0.717, 1.165) is 31.9 Å². The number of rotatable bonds is 3. The lowest BCUT2D eigenvalue weighted by Gasteiger charge is -2.27. The molecule has 0 radical (unpaired) electrons. The number of pyridine rings is 1. The van der Waals surface area contributed by atoms with Gasteiger partial charge in [0.25, 0.3) is 5.69 Å². The first-order valence-electron chi connectivity index (χ1n) is 6.78. The third kappa shape index (κ3) is 2.06. The predicted molar refractivity (Wildman–Crippen MR) is 72.2 cm³/mol. The van der Waals surface area contributed by atoms with Gasteiger partial charge < -0.3 is 10.2 Å². The van der Waals surface area contributed by atoms with Crippen molar-refractivity contribution < 1.29 is 4.92 Å². The molecule has 0 saturated carbocycles. The fourth-order valence-electron chi connectivity index (χ4n) is 3.47. The average molecular weight is 262 g/mol. The molecule has 3 rings (SSSR count). The molecular formula is C13H18N4O2. The lowest BCUT2D eigenvalue weighted by atomic mass is 9.93. The number of nitrogens with zero attached hydrogens (tertiary/aromatic N) is 3. The third-order valence-corrected chi connectivity index (χ3v) is 4.37. The summed E-state index contributed by atoms with van der Waals surface area (Å²) in [6.07, 6.45) is 2.44. The summed E-state index contributed by atoms with van der Waals surface area (Å²) >= 11 is 0. The molecule has 2 aliphatic heterocycles. The molecular weight excluding hydrogens is 244 g/mol. The summed E-state index contributed by atoms with van der Waals surface area (Å²) in [6, 6.07) is 3.81. The Morgan fingerprint density at radius 3 is 3.00 bits per heavy atom. The zero-order chi connectivity index (χ0) is 13.4. The Morgan fingerprint density at radius 1 is 1.53 bits per heavy atom. The minimum absolute atomic E-state index is 0.0536. The summed E-state index contributed by atoms with van der Waals surface area (Å²) in [6.45, 7) is 5.35. The predicted octanol–water partition coefficient (Wildman–Crippen LogP) is 1.42. The molecule has 102 valence electrons. The Bertz CT molecular complexity index is 476. The van der Waals surface area contributed by atoms with E-state index in [4.69, 9.17) is 0 Å². The molecule has 2 aliphatic rings. The third-order valence-electron chi connectivity index (χ3n) is 4.37. The molecule has 2 saturated heterocycles. The van der Waals surface area contributed by atoms with Gasteiger partial charge in [0.2, 0.25) is 0 Å². The van der Waals surface area contributed by atoms with Gasteiger partial charge in [0, 0.05) is 31.7 Å². The highest BCUT2D eigenvalue weighted by atomic mass is 16.6. The van der Waals surface area contributed by atoms with Crippen molar-refractivity contribution in [1.29, 1.82) is 0 Å². The Labute approximate surface area is 112 Å². The van der Waals surface area contributed by atoms with E-state index in [1.807, 2.05) is 0 Å². The molecule has 6 heteroatoms. The van der Waals surface area contributed by atoms with Gasteiger partial charge in [0.05, 0.1) is 4.92 Å². The van der Waals surface area contributed by atoms with E-state index in [1.165, 1.54) is 6.20 Å². The van der Waals surface area contributed by atoms with Crippen molar-refractivity contribution in [3.8, 4) is 0 Å². The van der Waals surface area contributed by atoms with Gasteiger partial charge in [0.15, 0.2) is 0 Å². The van der Waals surface area contributed by atoms with Crippen molar-refractivity contribution in [2.24, 2.45) is 11.8 Å². The van der Waals surface area contributed by atoms with E-state index in [2.05, 4.69) is 22.1 Å². The molecule has 1 aromatic heterocycles. The lowest BCUT2D eigenvalue weighted by Crippen LogP contribution is -2.35. The van der Waals surface area contributed by atoms with Crippen LogP contribution in [0, 0.1) is 22.0 Å². The summed E-state index contributed by atoms with van der Waals surface area (Å²) in [5.74, 6) is 2.23. The molecule has 0 amide bonds. The van der Waals surface area contributed by atoms with Crippen molar-refractivity contribution in [3.05, 3.63) is 28.4 Å². The number of hydrogen-bond acceptors (Lipinski definition) is 5. The van der Waals surface area contributed by atoms with E-state index in [9.17, 15) is 10.1 Å². The van der Waals surface area contributed by atoms with Crippen LogP contribution >= 0.6 is 0 Å². The fourth-order valence-corrected chi connectivity index (χ4v) is 3.47. The zero-order valence-corrected chi connectivity index (χ0v) is 11.0. The van der Waals surface area contributed by atoms with Crippen molar-refractivity contribution in [3.63, 3.8) is 0 Å². The van der Waals surface area contributed by atoms with Crippen LogP contribution in [0.4, 0.5) is 11.5 Å². The van der Waals surface area contributed by atoms with Gasteiger partial charge in [-0.25, -0.2) is 4.98 Å². The SMILES string of the molecule is CCC1C2CNCC2CN1c1ccc([N+](=O)[O-])cn1. The second-order valence-corrected chi connectivity index (χ2v) is 5.34. The van der Waals surface area contributed by atoms with Gasteiger partial charge in [-0.3, -0.25) is 10.1 Å². The highest BCUT2D eigenvalue weighted by molar-refractivity contribution is 5.45. The van der Waals surface area contributed by atoms with E-state index in [0.29, 0.717) is 17.9 Å². The molecule has 0 aromatic carbocycles. The molecule has 0 spiro atoms. The second-order valence-electron chi connectivity index (χ2n) is 5.34. The zero-order valence-electron chi connectivity index (χ0n) is 11.0. The molecule has 0 bridgehead atoms. The maximum Gasteiger partial charge on any atom is 0.287 e. The summed E-state index contributed by atoms with van der Waals surface area (Å²) in [5.41, 5.74) is 0.0536. The number of anilines is 1. The fraction of sp³-hybridized carbons (Fsp3) is 0.615. The average Bonchev–Trinajstić information content (AvgIpc) is 2.98. The lowest BCUT2D eigenvalue weighted by molar-refractivity contribution is -0.385. The minimum atomic E-state index is -0.406. The summed E-state index contributed by atoms with van der Waals surface area (Å²) in [5, 5.41) is 14.1. The van der Waals surface area contributed by atoms with Gasteiger partial charge in [-0.05, 0) is 24.3 Å². The van der Waals surface area contributed by atoms with Crippen molar-refractivity contribution in [2.45, 2.75) is 19.4 Å². The number of hydrogen-bond donors (Lipinski definition) is 1. The second kappa shape index (κ2) is 4.77. The quantitative estimate of drug-likeness (QED) is 0.659. The summed E-state index contributed by atoms with van der Waals surface area (Å²) < 4.78 is 0. The van der Waals surface area contributed by atoms with Crippen LogP contribution < -0.4 is 10.2 Å². The summed E-state index contributed by atoms with van der Waals surface area (Å²) in [7, 11) is 0. The van der Waals surface area contributed by atoms with Gasteiger partial charge in [0.1, 0.15) is 12.0 Å². The first-order chi connectivity index (χ1) is 9.20. The van der Waals surface area contributed by atoms with Gasteiger partial charge in [-0.15, -0.1) is 0 Å². The topological polar surface area (TPSA) is 71.3 Å². The van der Waals surface area contributed by atoms with Crippen LogP contribution in [0.2, 0.25) is 0 Å². The first-order valence-corrected chi connectivity index (χ1v) is 6.78. The molecule has 6 nitrogen and oxygen atoms in total. The van der Waals surface area contributed by atoms with Crippen LogP contribution in [-0.4, -0.2) is 35.6 Å². The largest absolute Gasteiger partial charge is 0.353 e. The van der Waals surface area contributed by atoms with Crippen molar-refractivity contribution >= 4 is 11.5 Å². The maximum atomic E-state index is 10.7.